The Morgan fingerprint density at radius 3 is 2.39 bits per heavy atom. The molecule has 0 radical (unpaired) electrons. The predicted molar refractivity (Wildman–Crippen MR) is 93.5 cm³/mol. The van der Waals surface area contributed by atoms with Gasteiger partial charge in [-0.2, -0.15) is 0 Å². The van der Waals surface area contributed by atoms with Crippen LogP contribution in [0.3, 0.4) is 0 Å². The van der Waals surface area contributed by atoms with E-state index in [2.05, 4.69) is 10.3 Å². The first kappa shape index (κ1) is 17.6. The molecule has 1 aromatic carbocycles. The van der Waals surface area contributed by atoms with E-state index < -0.39 is 0 Å². The fourth-order valence-corrected chi connectivity index (χ4v) is 3.56. The van der Waals surface area contributed by atoms with Crippen LogP contribution in [0.25, 0.3) is 0 Å². The molecule has 1 aliphatic carbocycles. The van der Waals surface area contributed by atoms with E-state index in [1.165, 1.54) is 17.7 Å². The molecule has 0 saturated heterocycles. The van der Waals surface area contributed by atoms with Crippen LogP contribution in [0.4, 0.5) is 5.13 Å². The number of hydrogen-bond acceptors (Lipinski definition) is 5. The van der Waals surface area contributed by atoms with Crippen molar-refractivity contribution in [2.45, 2.75) is 25.7 Å². The first-order valence-electron chi connectivity index (χ1n) is 7.22. The van der Waals surface area contributed by atoms with Gasteiger partial charge in [-0.15, -0.1) is 23.7 Å². The number of fused-ring (bicyclic) bond motifs is 1. The second kappa shape index (κ2) is 7.66. The van der Waals surface area contributed by atoms with Gasteiger partial charge in [-0.1, -0.05) is 0 Å². The average Bonchev–Trinajstić information content (AvgIpc) is 2.96. The van der Waals surface area contributed by atoms with E-state index in [0.717, 1.165) is 18.5 Å². The summed E-state index contributed by atoms with van der Waals surface area (Å²) in [7, 11) is 3.12. The summed E-state index contributed by atoms with van der Waals surface area (Å²) in [5.74, 6) is 0.967. The van der Waals surface area contributed by atoms with Crippen molar-refractivity contribution in [3.8, 4) is 11.5 Å². The van der Waals surface area contributed by atoms with Gasteiger partial charge in [-0.25, -0.2) is 4.98 Å². The lowest BCUT2D eigenvalue weighted by Crippen LogP contribution is -2.12. The van der Waals surface area contributed by atoms with Gasteiger partial charge in [0.1, 0.15) is 11.5 Å². The van der Waals surface area contributed by atoms with Gasteiger partial charge in [0.15, 0.2) is 5.13 Å². The van der Waals surface area contributed by atoms with Crippen molar-refractivity contribution in [2.75, 3.05) is 19.5 Å². The molecule has 5 nitrogen and oxygen atoms in total. The number of amides is 1. The standard InChI is InChI=1S/C16H18N2O3S.ClH/c1-20-11-7-10(8-12(9-11)21-2)15(19)18-16-17-13-5-3-4-6-14(13)22-16;/h7-9H,3-6H2,1-2H3,(H,17,18,19);1H. The van der Waals surface area contributed by atoms with Crippen LogP contribution < -0.4 is 14.8 Å². The highest BCUT2D eigenvalue weighted by Crippen LogP contribution is 2.30. The number of thiazole rings is 1. The first-order chi connectivity index (χ1) is 10.7. The number of carbonyl (C=O) groups is 1. The molecule has 0 unspecified atom stereocenters. The largest absolute Gasteiger partial charge is 0.497 e. The smallest absolute Gasteiger partial charge is 0.257 e. The first-order valence-corrected chi connectivity index (χ1v) is 8.04. The number of nitrogens with one attached hydrogen (secondary N) is 1. The Labute approximate surface area is 145 Å². The lowest BCUT2D eigenvalue weighted by molar-refractivity contribution is 0.102. The Morgan fingerprint density at radius 2 is 1.78 bits per heavy atom. The monoisotopic (exact) mass is 354 g/mol. The molecule has 1 aliphatic rings. The van der Waals surface area contributed by atoms with Gasteiger partial charge in [0.2, 0.25) is 0 Å². The highest BCUT2D eigenvalue weighted by molar-refractivity contribution is 7.15. The normalized spacial score (nSPS) is 12.8. The van der Waals surface area contributed by atoms with Crippen molar-refractivity contribution in [1.82, 2.24) is 4.98 Å². The molecule has 3 rings (SSSR count). The molecule has 1 amide bonds. The predicted octanol–water partition coefficient (Wildman–Crippen LogP) is 3.71. The van der Waals surface area contributed by atoms with Crippen LogP contribution in [-0.2, 0) is 12.8 Å². The molecule has 23 heavy (non-hydrogen) atoms. The number of anilines is 1. The SMILES string of the molecule is COc1cc(OC)cc(C(=O)Nc2nc3c(s2)CCCC3)c1.Cl. The van der Waals surface area contributed by atoms with E-state index in [4.69, 9.17) is 9.47 Å². The van der Waals surface area contributed by atoms with Crippen LogP contribution in [0.1, 0.15) is 33.8 Å². The zero-order valence-electron chi connectivity index (χ0n) is 13.0. The Hall–Kier alpha value is -1.79. The van der Waals surface area contributed by atoms with E-state index >= 15 is 0 Å². The van der Waals surface area contributed by atoms with Gasteiger partial charge < -0.3 is 9.47 Å². The number of nitrogens with zero attached hydrogens (tertiary/aromatic N) is 1. The Morgan fingerprint density at radius 1 is 1.13 bits per heavy atom. The maximum absolute atomic E-state index is 12.4. The summed E-state index contributed by atoms with van der Waals surface area (Å²) in [6, 6.07) is 5.11. The second-order valence-electron chi connectivity index (χ2n) is 5.15. The van der Waals surface area contributed by atoms with Crippen molar-refractivity contribution in [2.24, 2.45) is 0 Å². The summed E-state index contributed by atoms with van der Waals surface area (Å²) < 4.78 is 10.4. The molecule has 2 aromatic rings. The van der Waals surface area contributed by atoms with E-state index in [-0.39, 0.29) is 18.3 Å². The molecule has 0 fully saturated rings. The van der Waals surface area contributed by atoms with E-state index in [9.17, 15) is 4.79 Å². The topological polar surface area (TPSA) is 60.5 Å². The fraction of sp³-hybridized carbons (Fsp3) is 0.375. The van der Waals surface area contributed by atoms with Crippen molar-refractivity contribution in [1.29, 1.82) is 0 Å². The summed E-state index contributed by atoms with van der Waals surface area (Å²) in [6.07, 6.45) is 4.46. The quantitative estimate of drug-likeness (QED) is 0.909. The van der Waals surface area contributed by atoms with Crippen molar-refractivity contribution >= 4 is 34.8 Å². The third-order valence-corrected chi connectivity index (χ3v) is 4.75. The van der Waals surface area contributed by atoms with Crippen LogP contribution in [0.5, 0.6) is 11.5 Å². The van der Waals surface area contributed by atoms with E-state index in [1.807, 2.05) is 0 Å². The minimum atomic E-state index is -0.205. The molecule has 1 heterocycles. The number of halogens is 1. The molecular formula is C16H19ClN2O3S. The average molecular weight is 355 g/mol. The maximum Gasteiger partial charge on any atom is 0.257 e. The molecule has 0 spiro atoms. The van der Waals surface area contributed by atoms with Gasteiger partial charge in [-0.05, 0) is 37.8 Å². The van der Waals surface area contributed by atoms with Crippen LogP contribution >= 0.6 is 23.7 Å². The Kier molecular flexibility index (Phi) is 5.85. The Balaban J connectivity index is 0.00000192. The molecule has 7 heteroatoms. The van der Waals surface area contributed by atoms with Gasteiger partial charge in [0, 0.05) is 16.5 Å². The third kappa shape index (κ3) is 3.95. The lowest BCUT2D eigenvalue weighted by Gasteiger charge is -2.08. The number of carbonyl (C=O) groups excluding carboxylic acids is 1. The van der Waals surface area contributed by atoms with Crippen LogP contribution in [0.15, 0.2) is 18.2 Å². The number of aromatic nitrogens is 1. The molecule has 124 valence electrons. The highest BCUT2D eigenvalue weighted by atomic mass is 35.5. The molecule has 1 aromatic heterocycles. The minimum Gasteiger partial charge on any atom is -0.497 e. The number of hydrogen-bond donors (Lipinski definition) is 1. The van der Waals surface area contributed by atoms with Gasteiger partial charge in [0.05, 0.1) is 19.9 Å². The van der Waals surface area contributed by atoms with Crippen LogP contribution in [0, 0.1) is 0 Å². The molecule has 0 saturated carbocycles. The third-order valence-electron chi connectivity index (χ3n) is 3.68. The van der Waals surface area contributed by atoms with Gasteiger partial charge in [0.25, 0.3) is 5.91 Å². The number of methoxy groups -OCH3 is 2. The zero-order valence-corrected chi connectivity index (χ0v) is 14.7. The van der Waals surface area contributed by atoms with Gasteiger partial charge in [-0.3, -0.25) is 10.1 Å². The van der Waals surface area contributed by atoms with Crippen LogP contribution in [0.2, 0.25) is 0 Å². The zero-order chi connectivity index (χ0) is 15.5. The number of rotatable bonds is 4. The summed E-state index contributed by atoms with van der Waals surface area (Å²) in [5.41, 5.74) is 1.62. The summed E-state index contributed by atoms with van der Waals surface area (Å²) in [4.78, 5) is 18.2. The number of benzene rings is 1. The number of aryl methyl sites for hydroxylation is 2. The van der Waals surface area contributed by atoms with Crippen molar-refractivity contribution < 1.29 is 14.3 Å². The fourth-order valence-electron chi connectivity index (χ4n) is 2.51. The molecule has 0 aliphatic heterocycles. The number of ether oxygens (including phenoxy) is 2. The van der Waals surface area contributed by atoms with Crippen molar-refractivity contribution in [3.05, 3.63) is 34.3 Å². The maximum atomic E-state index is 12.4. The molecule has 0 atom stereocenters. The highest BCUT2D eigenvalue weighted by Gasteiger charge is 2.17. The van der Waals surface area contributed by atoms with Crippen molar-refractivity contribution in [3.63, 3.8) is 0 Å². The molecular weight excluding hydrogens is 336 g/mol. The Bertz CT molecular complexity index is 657. The van der Waals surface area contributed by atoms with E-state index in [0.29, 0.717) is 22.2 Å². The second-order valence-corrected chi connectivity index (χ2v) is 6.24. The molecule has 0 bridgehead atoms. The minimum absolute atomic E-state index is 0. The summed E-state index contributed by atoms with van der Waals surface area (Å²) >= 11 is 1.57. The molecule has 1 N–H and O–H groups in total. The lowest BCUT2D eigenvalue weighted by atomic mass is 10.0. The summed E-state index contributed by atoms with van der Waals surface area (Å²) in [6.45, 7) is 0. The summed E-state index contributed by atoms with van der Waals surface area (Å²) in [5, 5.41) is 3.54. The van der Waals surface area contributed by atoms with Crippen LogP contribution in [-0.4, -0.2) is 25.1 Å². The van der Waals surface area contributed by atoms with E-state index in [1.54, 1.807) is 43.8 Å². The van der Waals surface area contributed by atoms with Gasteiger partial charge >= 0.3 is 0 Å².